The SMILES string of the molecule is CCCOc1ccc(/C=C(/C#N)C(=O)Nc2ccc(CC)cc2)cc1. The summed E-state index contributed by atoms with van der Waals surface area (Å²) < 4.78 is 5.52. The van der Waals surface area contributed by atoms with Crippen molar-refractivity contribution in [1.82, 2.24) is 0 Å². The van der Waals surface area contributed by atoms with Gasteiger partial charge in [-0.05, 0) is 54.3 Å². The molecule has 1 N–H and O–H groups in total. The van der Waals surface area contributed by atoms with Gasteiger partial charge in [-0.1, -0.05) is 38.1 Å². The summed E-state index contributed by atoms with van der Waals surface area (Å²) in [5.74, 6) is 0.357. The maximum absolute atomic E-state index is 12.3. The Hall–Kier alpha value is -3.06. The number of carbonyl (C=O) groups excluding carboxylic acids is 1. The van der Waals surface area contributed by atoms with Crippen molar-refractivity contribution in [1.29, 1.82) is 5.26 Å². The number of carbonyl (C=O) groups is 1. The molecular formula is C21H22N2O2. The molecule has 0 aliphatic carbocycles. The smallest absolute Gasteiger partial charge is 0.266 e. The van der Waals surface area contributed by atoms with Crippen molar-refractivity contribution in [2.45, 2.75) is 26.7 Å². The minimum atomic E-state index is -0.418. The highest BCUT2D eigenvalue weighted by Gasteiger charge is 2.09. The van der Waals surface area contributed by atoms with Gasteiger partial charge >= 0.3 is 0 Å². The Morgan fingerprint density at radius 1 is 1.12 bits per heavy atom. The molecule has 1 amide bonds. The molecule has 0 radical (unpaired) electrons. The van der Waals surface area contributed by atoms with Gasteiger partial charge in [-0.2, -0.15) is 5.26 Å². The first-order chi connectivity index (χ1) is 12.2. The van der Waals surface area contributed by atoms with Crippen molar-refractivity contribution in [2.24, 2.45) is 0 Å². The van der Waals surface area contributed by atoms with E-state index in [0.29, 0.717) is 12.3 Å². The number of hydrogen-bond donors (Lipinski definition) is 1. The first kappa shape index (κ1) is 18.3. The third-order valence-corrected chi connectivity index (χ3v) is 3.65. The van der Waals surface area contributed by atoms with Crippen molar-refractivity contribution in [2.75, 3.05) is 11.9 Å². The van der Waals surface area contributed by atoms with Crippen LogP contribution in [0, 0.1) is 11.3 Å². The van der Waals surface area contributed by atoms with Crippen LogP contribution in [0.5, 0.6) is 5.75 Å². The zero-order chi connectivity index (χ0) is 18.1. The van der Waals surface area contributed by atoms with Crippen LogP contribution in [0.25, 0.3) is 6.08 Å². The van der Waals surface area contributed by atoms with E-state index in [0.717, 1.165) is 24.2 Å². The summed E-state index contributed by atoms with van der Waals surface area (Å²) in [6, 6.07) is 16.9. The number of anilines is 1. The molecule has 25 heavy (non-hydrogen) atoms. The second kappa shape index (κ2) is 9.29. The maximum Gasteiger partial charge on any atom is 0.266 e. The van der Waals surface area contributed by atoms with E-state index >= 15 is 0 Å². The van der Waals surface area contributed by atoms with E-state index in [4.69, 9.17) is 4.74 Å². The molecule has 0 unspecified atom stereocenters. The Morgan fingerprint density at radius 2 is 1.80 bits per heavy atom. The van der Waals surface area contributed by atoms with E-state index in [-0.39, 0.29) is 5.57 Å². The van der Waals surface area contributed by atoms with E-state index < -0.39 is 5.91 Å². The average Bonchev–Trinajstić information content (AvgIpc) is 2.65. The summed E-state index contributed by atoms with van der Waals surface area (Å²) in [5.41, 5.74) is 2.70. The van der Waals surface area contributed by atoms with Gasteiger partial charge in [0.25, 0.3) is 5.91 Å². The minimum absolute atomic E-state index is 0.0572. The zero-order valence-electron chi connectivity index (χ0n) is 14.6. The van der Waals surface area contributed by atoms with E-state index in [1.165, 1.54) is 5.56 Å². The topological polar surface area (TPSA) is 62.1 Å². The Morgan fingerprint density at radius 3 is 2.36 bits per heavy atom. The van der Waals surface area contributed by atoms with Crippen LogP contribution in [-0.2, 0) is 11.2 Å². The van der Waals surface area contributed by atoms with Gasteiger partial charge in [-0.25, -0.2) is 0 Å². The fraction of sp³-hybridized carbons (Fsp3) is 0.238. The number of benzene rings is 2. The van der Waals surface area contributed by atoms with Gasteiger partial charge in [0.15, 0.2) is 0 Å². The van der Waals surface area contributed by atoms with Crippen molar-refractivity contribution in [3.63, 3.8) is 0 Å². The molecule has 0 aliphatic heterocycles. The van der Waals surface area contributed by atoms with Gasteiger partial charge in [0.2, 0.25) is 0 Å². The average molecular weight is 334 g/mol. The first-order valence-electron chi connectivity index (χ1n) is 8.41. The highest BCUT2D eigenvalue weighted by molar-refractivity contribution is 6.09. The molecule has 0 aromatic heterocycles. The van der Waals surface area contributed by atoms with Crippen molar-refractivity contribution >= 4 is 17.7 Å². The lowest BCUT2D eigenvalue weighted by Crippen LogP contribution is -2.13. The van der Waals surface area contributed by atoms with E-state index in [9.17, 15) is 10.1 Å². The lowest BCUT2D eigenvalue weighted by atomic mass is 10.1. The summed E-state index contributed by atoms with van der Waals surface area (Å²) in [5, 5.41) is 12.0. The van der Waals surface area contributed by atoms with Crippen LogP contribution in [-0.4, -0.2) is 12.5 Å². The number of rotatable bonds is 7. The predicted octanol–water partition coefficient (Wildman–Crippen LogP) is 4.58. The largest absolute Gasteiger partial charge is 0.494 e. The van der Waals surface area contributed by atoms with Crippen LogP contribution in [0.4, 0.5) is 5.69 Å². The molecule has 0 spiro atoms. The van der Waals surface area contributed by atoms with Gasteiger partial charge in [0, 0.05) is 5.69 Å². The van der Waals surface area contributed by atoms with Crippen molar-refractivity contribution in [3.8, 4) is 11.8 Å². The predicted molar refractivity (Wildman–Crippen MR) is 100 cm³/mol. The zero-order valence-corrected chi connectivity index (χ0v) is 14.6. The fourth-order valence-corrected chi connectivity index (χ4v) is 2.22. The van der Waals surface area contributed by atoms with Crippen LogP contribution in [0.15, 0.2) is 54.1 Å². The molecule has 4 heteroatoms. The van der Waals surface area contributed by atoms with Crippen LogP contribution in [0.2, 0.25) is 0 Å². The Labute approximate surface area is 148 Å². The Kier molecular flexibility index (Phi) is 6.79. The number of ether oxygens (including phenoxy) is 1. The van der Waals surface area contributed by atoms with Crippen LogP contribution in [0.3, 0.4) is 0 Å². The highest BCUT2D eigenvalue weighted by atomic mass is 16.5. The van der Waals surface area contributed by atoms with Crippen molar-refractivity contribution in [3.05, 3.63) is 65.2 Å². The van der Waals surface area contributed by atoms with E-state index in [1.807, 2.05) is 61.5 Å². The molecule has 0 saturated heterocycles. The van der Waals surface area contributed by atoms with Gasteiger partial charge in [-0.15, -0.1) is 0 Å². The molecule has 0 atom stereocenters. The van der Waals surface area contributed by atoms with Crippen LogP contribution < -0.4 is 10.1 Å². The summed E-state index contributed by atoms with van der Waals surface area (Å²) in [4.78, 5) is 12.3. The lowest BCUT2D eigenvalue weighted by Gasteiger charge is -2.06. The molecule has 0 bridgehead atoms. The monoisotopic (exact) mass is 334 g/mol. The minimum Gasteiger partial charge on any atom is -0.494 e. The van der Waals surface area contributed by atoms with Crippen LogP contribution >= 0.6 is 0 Å². The molecule has 2 aromatic carbocycles. The summed E-state index contributed by atoms with van der Waals surface area (Å²) in [6.45, 7) is 4.78. The van der Waals surface area contributed by atoms with E-state index in [2.05, 4.69) is 12.2 Å². The molecule has 128 valence electrons. The maximum atomic E-state index is 12.3. The second-order valence-electron chi connectivity index (χ2n) is 5.59. The highest BCUT2D eigenvalue weighted by Crippen LogP contribution is 2.16. The number of hydrogen-bond acceptors (Lipinski definition) is 3. The third-order valence-electron chi connectivity index (χ3n) is 3.65. The molecule has 0 fully saturated rings. The van der Waals surface area contributed by atoms with E-state index in [1.54, 1.807) is 6.08 Å². The van der Waals surface area contributed by atoms with Gasteiger partial charge < -0.3 is 10.1 Å². The molecule has 2 rings (SSSR count). The second-order valence-corrected chi connectivity index (χ2v) is 5.59. The standard InChI is InChI=1S/C21H22N2O2/c1-3-13-25-20-11-7-17(8-12-20)14-18(15-22)21(24)23-19-9-5-16(4-2)6-10-19/h5-12,14H,3-4,13H2,1-2H3,(H,23,24)/b18-14-. The normalized spacial score (nSPS) is 10.8. The molecule has 0 aliphatic rings. The molecule has 0 heterocycles. The van der Waals surface area contributed by atoms with Gasteiger partial charge in [-0.3, -0.25) is 4.79 Å². The quantitative estimate of drug-likeness (QED) is 0.595. The number of amides is 1. The van der Waals surface area contributed by atoms with Gasteiger partial charge in [0.1, 0.15) is 17.4 Å². The number of nitrogens with one attached hydrogen (secondary N) is 1. The molecule has 4 nitrogen and oxygen atoms in total. The summed E-state index contributed by atoms with van der Waals surface area (Å²) >= 11 is 0. The number of nitriles is 1. The fourth-order valence-electron chi connectivity index (χ4n) is 2.22. The summed E-state index contributed by atoms with van der Waals surface area (Å²) in [7, 11) is 0. The lowest BCUT2D eigenvalue weighted by molar-refractivity contribution is -0.112. The van der Waals surface area contributed by atoms with Crippen molar-refractivity contribution < 1.29 is 9.53 Å². The number of nitrogens with zero attached hydrogens (tertiary/aromatic N) is 1. The van der Waals surface area contributed by atoms with Crippen LogP contribution in [0.1, 0.15) is 31.4 Å². The Bertz CT molecular complexity index is 769. The Balaban J connectivity index is 2.07. The first-order valence-corrected chi connectivity index (χ1v) is 8.41. The molecular weight excluding hydrogens is 312 g/mol. The molecule has 2 aromatic rings. The number of aryl methyl sites for hydroxylation is 1. The van der Waals surface area contributed by atoms with Gasteiger partial charge in [0.05, 0.1) is 6.61 Å². The summed E-state index contributed by atoms with van der Waals surface area (Å²) in [6.07, 6.45) is 3.45. The molecule has 0 saturated carbocycles. The third kappa shape index (κ3) is 5.50.